The van der Waals surface area contributed by atoms with E-state index >= 15 is 0 Å². The van der Waals surface area contributed by atoms with Crippen molar-refractivity contribution in [2.45, 2.75) is 38.2 Å². The molecule has 15 heavy (non-hydrogen) atoms. The molecule has 1 aliphatic rings. The van der Waals surface area contributed by atoms with E-state index in [-0.39, 0.29) is 5.60 Å². The van der Waals surface area contributed by atoms with E-state index in [1.807, 2.05) is 12.1 Å². The molecule has 0 unspecified atom stereocenters. The summed E-state index contributed by atoms with van der Waals surface area (Å²) < 4.78 is 5.30. The van der Waals surface area contributed by atoms with Crippen LogP contribution >= 0.6 is 0 Å². The second-order valence-corrected chi connectivity index (χ2v) is 4.54. The Morgan fingerprint density at radius 3 is 2.73 bits per heavy atom. The van der Waals surface area contributed by atoms with Crippen molar-refractivity contribution >= 4 is 0 Å². The molecule has 0 saturated heterocycles. The van der Waals surface area contributed by atoms with Crippen LogP contribution < -0.4 is 4.74 Å². The van der Waals surface area contributed by atoms with E-state index < -0.39 is 0 Å². The SMILES string of the molecule is COc1ccc(C)cc1CCC1(O)CC1. The zero-order chi connectivity index (χ0) is 10.9. The van der Waals surface area contributed by atoms with Gasteiger partial charge in [-0.1, -0.05) is 17.7 Å². The maximum atomic E-state index is 9.78. The first kappa shape index (κ1) is 10.5. The second-order valence-electron chi connectivity index (χ2n) is 4.54. The third-order valence-corrected chi connectivity index (χ3v) is 3.12. The van der Waals surface area contributed by atoms with Gasteiger partial charge >= 0.3 is 0 Å². The van der Waals surface area contributed by atoms with E-state index in [4.69, 9.17) is 4.74 Å². The predicted octanol–water partition coefficient (Wildman–Crippen LogP) is 2.46. The molecule has 1 aliphatic carbocycles. The molecule has 0 radical (unpaired) electrons. The monoisotopic (exact) mass is 206 g/mol. The summed E-state index contributed by atoms with van der Waals surface area (Å²) in [6.45, 7) is 2.08. The minimum Gasteiger partial charge on any atom is -0.496 e. The predicted molar refractivity (Wildman–Crippen MR) is 60.2 cm³/mol. The maximum Gasteiger partial charge on any atom is 0.122 e. The number of methoxy groups -OCH3 is 1. The van der Waals surface area contributed by atoms with Gasteiger partial charge in [-0.15, -0.1) is 0 Å². The molecule has 1 aromatic rings. The third kappa shape index (κ3) is 2.51. The standard InChI is InChI=1S/C13H18O2/c1-10-3-4-12(15-2)11(9-10)5-6-13(14)7-8-13/h3-4,9,14H,5-8H2,1-2H3. The van der Waals surface area contributed by atoms with Crippen molar-refractivity contribution in [2.24, 2.45) is 0 Å². The van der Waals surface area contributed by atoms with Gasteiger partial charge in [0.15, 0.2) is 0 Å². The molecule has 1 fully saturated rings. The zero-order valence-corrected chi connectivity index (χ0v) is 9.42. The molecule has 0 spiro atoms. The number of rotatable bonds is 4. The molecule has 0 amide bonds. The van der Waals surface area contributed by atoms with Gasteiger partial charge in [-0.2, -0.15) is 0 Å². The number of aryl methyl sites for hydroxylation is 2. The van der Waals surface area contributed by atoms with Crippen LogP contribution in [0.25, 0.3) is 0 Å². The average molecular weight is 206 g/mol. The van der Waals surface area contributed by atoms with Gasteiger partial charge in [0.25, 0.3) is 0 Å². The van der Waals surface area contributed by atoms with Gasteiger partial charge in [0.05, 0.1) is 12.7 Å². The molecule has 1 N–H and O–H groups in total. The molecule has 0 heterocycles. The Hall–Kier alpha value is -1.02. The van der Waals surface area contributed by atoms with Crippen LogP contribution in [0, 0.1) is 6.92 Å². The highest BCUT2D eigenvalue weighted by Gasteiger charge is 2.39. The maximum absolute atomic E-state index is 9.78. The first-order chi connectivity index (χ1) is 7.13. The van der Waals surface area contributed by atoms with Crippen molar-refractivity contribution in [1.29, 1.82) is 0 Å². The summed E-state index contributed by atoms with van der Waals surface area (Å²) in [5.74, 6) is 0.935. The van der Waals surface area contributed by atoms with Gasteiger partial charge in [-0.25, -0.2) is 0 Å². The lowest BCUT2D eigenvalue weighted by molar-refractivity contribution is 0.140. The molecule has 2 rings (SSSR count). The largest absolute Gasteiger partial charge is 0.496 e. The first-order valence-electron chi connectivity index (χ1n) is 5.49. The summed E-state index contributed by atoms with van der Waals surface area (Å²) in [5.41, 5.74) is 2.08. The highest BCUT2D eigenvalue weighted by molar-refractivity contribution is 5.37. The first-order valence-corrected chi connectivity index (χ1v) is 5.49. The summed E-state index contributed by atoms with van der Waals surface area (Å²) in [7, 11) is 1.69. The van der Waals surface area contributed by atoms with Crippen LogP contribution in [0.5, 0.6) is 5.75 Å². The van der Waals surface area contributed by atoms with Crippen LogP contribution in [0.2, 0.25) is 0 Å². The Kier molecular flexibility index (Phi) is 2.70. The van der Waals surface area contributed by atoms with Crippen molar-refractivity contribution in [3.05, 3.63) is 29.3 Å². The molecule has 2 heteroatoms. The van der Waals surface area contributed by atoms with Crippen LogP contribution in [-0.2, 0) is 6.42 Å². The van der Waals surface area contributed by atoms with Crippen molar-refractivity contribution in [3.8, 4) is 5.75 Å². The number of hydrogen-bond donors (Lipinski definition) is 1. The minimum atomic E-state index is -0.366. The molecule has 0 bridgehead atoms. The van der Waals surface area contributed by atoms with Crippen molar-refractivity contribution < 1.29 is 9.84 Å². The fraction of sp³-hybridized carbons (Fsp3) is 0.538. The van der Waals surface area contributed by atoms with Crippen LogP contribution in [0.3, 0.4) is 0 Å². The highest BCUT2D eigenvalue weighted by atomic mass is 16.5. The smallest absolute Gasteiger partial charge is 0.122 e. The van der Waals surface area contributed by atoms with E-state index in [0.717, 1.165) is 31.4 Å². The normalized spacial score (nSPS) is 17.5. The Bertz CT molecular complexity index is 354. The summed E-state index contributed by atoms with van der Waals surface area (Å²) in [5, 5.41) is 9.78. The molecule has 2 nitrogen and oxygen atoms in total. The van der Waals surface area contributed by atoms with E-state index in [0.29, 0.717) is 0 Å². The number of ether oxygens (including phenoxy) is 1. The van der Waals surface area contributed by atoms with E-state index in [9.17, 15) is 5.11 Å². The molecule has 0 aromatic heterocycles. The van der Waals surface area contributed by atoms with E-state index in [2.05, 4.69) is 13.0 Å². The lowest BCUT2D eigenvalue weighted by Gasteiger charge is -2.11. The number of benzene rings is 1. The van der Waals surface area contributed by atoms with Gasteiger partial charge in [0.1, 0.15) is 5.75 Å². The number of hydrogen-bond acceptors (Lipinski definition) is 2. The Morgan fingerprint density at radius 1 is 1.40 bits per heavy atom. The molecule has 82 valence electrons. The third-order valence-electron chi connectivity index (χ3n) is 3.12. The highest BCUT2D eigenvalue weighted by Crippen LogP contribution is 2.39. The Balaban J connectivity index is 2.08. The van der Waals surface area contributed by atoms with Crippen LogP contribution in [0.1, 0.15) is 30.4 Å². The Labute approximate surface area is 90.9 Å². The van der Waals surface area contributed by atoms with E-state index in [1.165, 1.54) is 11.1 Å². The molecule has 1 aromatic carbocycles. The molecule has 1 saturated carbocycles. The second kappa shape index (κ2) is 3.86. The van der Waals surface area contributed by atoms with Gasteiger partial charge < -0.3 is 9.84 Å². The summed E-state index contributed by atoms with van der Waals surface area (Å²) in [6.07, 6.45) is 3.68. The zero-order valence-electron chi connectivity index (χ0n) is 9.42. The van der Waals surface area contributed by atoms with Gasteiger partial charge in [0.2, 0.25) is 0 Å². The van der Waals surface area contributed by atoms with Crippen molar-refractivity contribution in [2.75, 3.05) is 7.11 Å². The van der Waals surface area contributed by atoms with Gasteiger partial charge in [-0.05, 0) is 44.2 Å². The topological polar surface area (TPSA) is 29.5 Å². The van der Waals surface area contributed by atoms with Crippen molar-refractivity contribution in [1.82, 2.24) is 0 Å². The lowest BCUT2D eigenvalue weighted by Crippen LogP contribution is -2.08. The summed E-state index contributed by atoms with van der Waals surface area (Å²) in [4.78, 5) is 0. The van der Waals surface area contributed by atoms with Gasteiger partial charge in [-0.3, -0.25) is 0 Å². The molecule has 0 aliphatic heterocycles. The fourth-order valence-corrected chi connectivity index (χ4v) is 1.86. The Morgan fingerprint density at radius 2 is 2.13 bits per heavy atom. The van der Waals surface area contributed by atoms with Crippen LogP contribution in [0.4, 0.5) is 0 Å². The van der Waals surface area contributed by atoms with Gasteiger partial charge in [0, 0.05) is 0 Å². The van der Waals surface area contributed by atoms with Crippen molar-refractivity contribution in [3.63, 3.8) is 0 Å². The molecular weight excluding hydrogens is 188 g/mol. The summed E-state index contributed by atoms with van der Waals surface area (Å²) in [6, 6.07) is 6.19. The number of aliphatic hydroxyl groups is 1. The molecular formula is C13H18O2. The van der Waals surface area contributed by atoms with E-state index in [1.54, 1.807) is 7.11 Å². The van der Waals surface area contributed by atoms with Crippen LogP contribution in [0.15, 0.2) is 18.2 Å². The van der Waals surface area contributed by atoms with Crippen LogP contribution in [-0.4, -0.2) is 17.8 Å². The summed E-state index contributed by atoms with van der Waals surface area (Å²) >= 11 is 0. The molecule has 0 atom stereocenters. The average Bonchev–Trinajstić information content (AvgIpc) is 2.95. The quantitative estimate of drug-likeness (QED) is 0.820. The fourth-order valence-electron chi connectivity index (χ4n) is 1.86. The lowest BCUT2D eigenvalue weighted by atomic mass is 10.0. The minimum absolute atomic E-state index is 0.366.